The van der Waals surface area contributed by atoms with Gasteiger partial charge in [-0.15, -0.1) is 0 Å². The summed E-state index contributed by atoms with van der Waals surface area (Å²) in [6.07, 6.45) is 2.27. The van der Waals surface area contributed by atoms with Crippen LogP contribution in [0.2, 0.25) is 5.02 Å². The quantitative estimate of drug-likeness (QED) is 0.199. The van der Waals surface area contributed by atoms with Crippen LogP contribution in [-0.4, -0.2) is 24.2 Å². The van der Waals surface area contributed by atoms with Crippen molar-refractivity contribution in [1.29, 1.82) is 0 Å². The number of rotatable bonds is 8. The van der Waals surface area contributed by atoms with Gasteiger partial charge >= 0.3 is 6.18 Å². The van der Waals surface area contributed by atoms with Gasteiger partial charge in [-0.3, -0.25) is 19.4 Å². The molecular formula is C30H22ClF3N4O5. The largest absolute Gasteiger partial charge is 0.496 e. The van der Waals surface area contributed by atoms with Crippen molar-refractivity contribution >= 4 is 45.5 Å². The minimum atomic E-state index is -4.60. The van der Waals surface area contributed by atoms with Gasteiger partial charge in [-0.1, -0.05) is 29.8 Å². The fourth-order valence-corrected chi connectivity index (χ4v) is 4.62. The number of fused-ring (bicyclic) bond motifs is 1. The van der Waals surface area contributed by atoms with Gasteiger partial charge in [-0.05, 0) is 43.2 Å². The summed E-state index contributed by atoms with van der Waals surface area (Å²) in [5.41, 5.74) is 3.56. The van der Waals surface area contributed by atoms with E-state index in [9.17, 15) is 27.6 Å². The molecule has 0 spiro atoms. The minimum absolute atomic E-state index is 0.118. The smallest absolute Gasteiger partial charge is 0.416 e. The Morgan fingerprint density at radius 1 is 1.05 bits per heavy atom. The first kappa shape index (κ1) is 29.4. The molecule has 1 aliphatic rings. The lowest BCUT2D eigenvalue weighted by Gasteiger charge is -2.19. The minimum Gasteiger partial charge on any atom is -0.496 e. The second kappa shape index (κ2) is 11.6. The molecule has 0 radical (unpaired) electrons. The Kier molecular flexibility index (Phi) is 7.96. The van der Waals surface area contributed by atoms with E-state index in [0.29, 0.717) is 28.8 Å². The van der Waals surface area contributed by atoms with Crippen molar-refractivity contribution in [2.24, 2.45) is 5.73 Å². The van der Waals surface area contributed by atoms with E-state index in [4.69, 9.17) is 26.8 Å². The number of methoxy groups -OCH3 is 1. The predicted molar refractivity (Wildman–Crippen MR) is 157 cm³/mol. The summed E-state index contributed by atoms with van der Waals surface area (Å²) < 4.78 is 51.3. The third kappa shape index (κ3) is 6.09. The Bertz CT molecular complexity index is 1920. The van der Waals surface area contributed by atoms with E-state index in [1.54, 1.807) is 24.3 Å². The number of halogens is 4. The van der Waals surface area contributed by atoms with Gasteiger partial charge in [0.1, 0.15) is 28.6 Å². The number of amides is 1. The molecule has 0 fully saturated rings. The first-order chi connectivity index (χ1) is 20.5. The van der Waals surface area contributed by atoms with Crippen LogP contribution in [0.3, 0.4) is 0 Å². The fraction of sp³-hybridized carbons (Fsp3) is 0.133. The van der Waals surface area contributed by atoms with Crippen LogP contribution in [-0.2, 0) is 0 Å². The van der Waals surface area contributed by atoms with E-state index >= 15 is 0 Å². The zero-order valence-electron chi connectivity index (χ0n) is 22.3. The molecule has 4 aromatic rings. The SMILES string of the molecule is COc1cc2nccc(Oc3ccc(Nc4c(N/C5=C/C(C(F)(F)F)=C\C=C/CC5)c(=O)c4=O)c(Cl)c3)c2cc1C(N)=O. The fourth-order valence-electron chi connectivity index (χ4n) is 4.40. The Morgan fingerprint density at radius 2 is 1.79 bits per heavy atom. The normalized spacial score (nSPS) is 16.8. The molecule has 0 saturated carbocycles. The van der Waals surface area contributed by atoms with Crippen LogP contribution < -0.4 is 36.7 Å². The molecule has 0 unspecified atom stereocenters. The van der Waals surface area contributed by atoms with Gasteiger partial charge in [0, 0.05) is 29.4 Å². The zero-order valence-corrected chi connectivity index (χ0v) is 23.1. The number of pyridine rings is 1. The van der Waals surface area contributed by atoms with E-state index in [1.165, 1.54) is 37.6 Å². The van der Waals surface area contributed by atoms with Crippen molar-refractivity contribution in [3.05, 3.63) is 109 Å². The van der Waals surface area contributed by atoms with Crippen LogP contribution in [0.5, 0.6) is 17.2 Å². The molecule has 5 rings (SSSR count). The van der Waals surface area contributed by atoms with Crippen molar-refractivity contribution in [3.63, 3.8) is 0 Å². The lowest BCUT2D eigenvalue weighted by atomic mass is 10.1. The summed E-state index contributed by atoms with van der Waals surface area (Å²) >= 11 is 6.45. The van der Waals surface area contributed by atoms with Crippen molar-refractivity contribution in [3.8, 4) is 17.2 Å². The lowest BCUT2D eigenvalue weighted by molar-refractivity contribution is -0.0882. The number of nitrogens with zero attached hydrogens (tertiary/aromatic N) is 1. The van der Waals surface area contributed by atoms with Crippen molar-refractivity contribution < 1.29 is 27.4 Å². The highest BCUT2D eigenvalue weighted by molar-refractivity contribution is 6.33. The molecule has 0 atom stereocenters. The van der Waals surface area contributed by atoms with Crippen molar-refractivity contribution in [2.75, 3.05) is 17.7 Å². The van der Waals surface area contributed by atoms with Crippen molar-refractivity contribution in [2.45, 2.75) is 19.0 Å². The number of nitrogens with two attached hydrogens (primary N) is 1. The molecule has 43 heavy (non-hydrogen) atoms. The number of carbonyl (C=O) groups excluding carboxylic acids is 1. The molecule has 4 N–H and O–H groups in total. The molecule has 1 aromatic heterocycles. The molecule has 0 saturated heterocycles. The highest BCUT2D eigenvalue weighted by Gasteiger charge is 2.32. The van der Waals surface area contributed by atoms with Gasteiger partial charge in [-0.2, -0.15) is 13.2 Å². The number of nitrogens with one attached hydrogen (secondary N) is 2. The Balaban J connectivity index is 1.39. The van der Waals surface area contributed by atoms with Gasteiger partial charge < -0.3 is 25.8 Å². The van der Waals surface area contributed by atoms with Gasteiger partial charge in [0.25, 0.3) is 16.8 Å². The average Bonchev–Trinajstić information content (AvgIpc) is 2.95. The summed E-state index contributed by atoms with van der Waals surface area (Å²) in [7, 11) is 1.40. The molecule has 1 heterocycles. The summed E-state index contributed by atoms with van der Waals surface area (Å²) in [5.74, 6) is 0.201. The Labute approximate surface area is 246 Å². The van der Waals surface area contributed by atoms with Gasteiger partial charge in [0.15, 0.2) is 0 Å². The van der Waals surface area contributed by atoms with Crippen LogP contribution in [0.15, 0.2) is 87.8 Å². The third-order valence-electron chi connectivity index (χ3n) is 6.56. The molecule has 13 heteroatoms. The standard InChI is InChI=1S/C30H22ClF3N4O5/c1-42-24-14-22-18(13-19(24)29(35)41)23(9-10-36-22)43-17-7-8-21(20(31)12-17)38-26-25(27(39)28(26)40)37-16-6-4-2-3-5-15(11-16)30(32,33)34/h2-3,5,7-14,37-38H,4,6H2,1H3,(H2,35,41)/b3-2-,15-5+,16-11+. The molecule has 220 valence electrons. The van der Waals surface area contributed by atoms with E-state index in [1.807, 2.05) is 0 Å². The van der Waals surface area contributed by atoms with Crippen LogP contribution in [0.25, 0.3) is 10.9 Å². The molecule has 0 aliphatic heterocycles. The monoisotopic (exact) mass is 610 g/mol. The number of hydrogen-bond acceptors (Lipinski definition) is 8. The maximum atomic E-state index is 13.4. The maximum absolute atomic E-state index is 13.4. The summed E-state index contributed by atoms with van der Waals surface area (Å²) in [6.45, 7) is 0. The summed E-state index contributed by atoms with van der Waals surface area (Å²) in [5, 5.41) is 6.09. The van der Waals surface area contributed by atoms with E-state index in [0.717, 1.165) is 12.2 Å². The summed E-state index contributed by atoms with van der Waals surface area (Å²) in [4.78, 5) is 40.9. The highest BCUT2D eigenvalue weighted by Crippen LogP contribution is 2.37. The van der Waals surface area contributed by atoms with Crippen molar-refractivity contribution in [1.82, 2.24) is 4.98 Å². The van der Waals surface area contributed by atoms with Crippen LogP contribution >= 0.6 is 11.6 Å². The van der Waals surface area contributed by atoms with E-state index in [-0.39, 0.29) is 45.5 Å². The molecule has 1 amide bonds. The Morgan fingerprint density at radius 3 is 2.47 bits per heavy atom. The number of ether oxygens (including phenoxy) is 2. The number of benzene rings is 2. The van der Waals surface area contributed by atoms with Crippen LogP contribution in [0, 0.1) is 0 Å². The topological polar surface area (TPSA) is 133 Å². The maximum Gasteiger partial charge on any atom is 0.416 e. The number of allylic oxidation sites excluding steroid dienone is 6. The number of alkyl halides is 3. The number of primary amides is 1. The van der Waals surface area contributed by atoms with E-state index in [2.05, 4.69) is 15.6 Å². The number of anilines is 3. The van der Waals surface area contributed by atoms with E-state index < -0.39 is 28.5 Å². The summed E-state index contributed by atoms with van der Waals surface area (Å²) in [6, 6.07) is 9.15. The predicted octanol–water partition coefficient (Wildman–Crippen LogP) is 6.26. The zero-order chi connectivity index (χ0) is 30.9. The highest BCUT2D eigenvalue weighted by atomic mass is 35.5. The van der Waals surface area contributed by atoms with Crippen LogP contribution in [0.4, 0.5) is 30.2 Å². The molecule has 3 aromatic carbocycles. The molecule has 0 bridgehead atoms. The van der Waals surface area contributed by atoms with Crippen LogP contribution in [0.1, 0.15) is 23.2 Å². The molecule has 9 nitrogen and oxygen atoms in total. The number of hydrogen-bond donors (Lipinski definition) is 3. The number of aromatic nitrogens is 1. The Hall–Kier alpha value is -5.10. The van der Waals surface area contributed by atoms with Gasteiger partial charge in [0.05, 0.1) is 34.5 Å². The first-order valence-corrected chi connectivity index (χ1v) is 13.1. The van der Waals surface area contributed by atoms with Gasteiger partial charge in [-0.25, -0.2) is 0 Å². The third-order valence-corrected chi connectivity index (χ3v) is 6.87. The second-order valence-electron chi connectivity index (χ2n) is 9.40. The van der Waals surface area contributed by atoms with Gasteiger partial charge in [0.2, 0.25) is 0 Å². The second-order valence-corrected chi connectivity index (χ2v) is 9.81. The average molecular weight is 611 g/mol. The molecular weight excluding hydrogens is 589 g/mol. The number of carbonyl (C=O) groups is 1. The first-order valence-electron chi connectivity index (χ1n) is 12.7. The lowest BCUT2D eigenvalue weighted by Crippen LogP contribution is -2.36. The molecule has 1 aliphatic carbocycles.